The highest BCUT2D eigenvalue weighted by molar-refractivity contribution is 6.30. The summed E-state index contributed by atoms with van der Waals surface area (Å²) in [5, 5.41) is 0.733. The number of carbonyl (C=O) groups excluding carboxylic acids is 2. The molecule has 2 amide bonds. The number of amides is 2. The molecule has 3 saturated heterocycles. The average Bonchev–Trinajstić information content (AvgIpc) is 3.12. The van der Waals surface area contributed by atoms with Crippen molar-refractivity contribution in [1.82, 2.24) is 9.80 Å². The number of rotatable bonds is 3. The molecule has 0 saturated carbocycles. The van der Waals surface area contributed by atoms with Crippen LogP contribution in [-0.2, 0) is 14.3 Å². The number of carbonyl (C=O) groups is 2. The van der Waals surface area contributed by atoms with Crippen LogP contribution in [-0.4, -0.2) is 73.6 Å². The molecule has 152 valence electrons. The Labute approximate surface area is 171 Å². The first-order valence-corrected chi connectivity index (χ1v) is 10.6. The molecule has 0 aromatic heterocycles. The van der Waals surface area contributed by atoms with Gasteiger partial charge in [-0.15, -0.1) is 0 Å². The van der Waals surface area contributed by atoms with Crippen LogP contribution in [0.25, 0.3) is 0 Å². The fourth-order valence-electron chi connectivity index (χ4n) is 4.60. The minimum Gasteiger partial charge on any atom is -0.381 e. The third kappa shape index (κ3) is 3.98. The molecule has 3 fully saturated rings. The van der Waals surface area contributed by atoms with Crippen molar-refractivity contribution in [2.75, 3.05) is 50.8 Å². The first-order valence-electron chi connectivity index (χ1n) is 10.2. The number of ether oxygens (including phenoxy) is 1. The maximum atomic E-state index is 13.0. The van der Waals surface area contributed by atoms with Crippen molar-refractivity contribution >= 4 is 29.1 Å². The van der Waals surface area contributed by atoms with Crippen LogP contribution in [0.1, 0.15) is 24.8 Å². The molecule has 3 aliphatic rings. The number of aryl methyl sites for hydroxylation is 1. The number of hydrogen-bond acceptors (Lipinski definition) is 4. The lowest BCUT2D eigenvalue weighted by Crippen LogP contribution is -2.51. The molecule has 1 unspecified atom stereocenters. The van der Waals surface area contributed by atoms with Crippen LogP contribution in [0.2, 0.25) is 5.02 Å². The third-order valence-electron chi connectivity index (χ3n) is 6.24. The molecule has 1 atom stereocenters. The second kappa shape index (κ2) is 8.29. The molecule has 6 nitrogen and oxygen atoms in total. The Kier molecular flexibility index (Phi) is 5.78. The molecule has 0 radical (unpaired) electrons. The summed E-state index contributed by atoms with van der Waals surface area (Å²) >= 11 is 6.16. The van der Waals surface area contributed by atoms with Crippen LogP contribution in [0, 0.1) is 12.8 Å². The van der Waals surface area contributed by atoms with E-state index in [0.717, 1.165) is 36.6 Å². The average molecular weight is 406 g/mol. The van der Waals surface area contributed by atoms with Crippen LogP contribution >= 0.6 is 11.6 Å². The summed E-state index contributed by atoms with van der Waals surface area (Å²) in [6, 6.07) is 6.17. The molecule has 4 rings (SSSR count). The monoisotopic (exact) mass is 405 g/mol. The van der Waals surface area contributed by atoms with Gasteiger partial charge < -0.3 is 19.4 Å². The minimum atomic E-state index is -0.199. The van der Waals surface area contributed by atoms with Crippen molar-refractivity contribution in [1.29, 1.82) is 0 Å². The Morgan fingerprint density at radius 1 is 1.14 bits per heavy atom. The predicted molar refractivity (Wildman–Crippen MR) is 109 cm³/mol. The maximum absolute atomic E-state index is 13.0. The number of benzene rings is 1. The van der Waals surface area contributed by atoms with E-state index in [1.807, 2.05) is 28.0 Å². The smallest absolute Gasteiger partial charge is 0.228 e. The van der Waals surface area contributed by atoms with Gasteiger partial charge in [0, 0.05) is 69.1 Å². The highest BCUT2D eigenvalue weighted by Gasteiger charge is 2.40. The summed E-state index contributed by atoms with van der Waals surface area (Å²) in [6.45, 7) is 7.01. The van der Waals surface area contributed by atoms with Crippen molar-refractivity contribution in [3.8, 4) is 0 Å². The van der Waals surface area contributed by atoms with Gasteiger partial charge in [0.05, 0.1) is 5.92 Å². The zero-order valence-corrected chi connectivity index (χ0v) is 17.2. The second-order valence-corrected chi connectivity index (χ2v) is 8.47. The van der Waals surface area contributed by atoms with E-state index in [-0.39, 0.29) is 23.8 Å². The van der Waals surface area contributed by atoms with Crippen molar-refractivity contribution in [2.45, 2.75) is 32.2 Å². The topological polar surface area (TPSA) is 53.1 Å². The van der Waals surface area contributed by atoms with Gasteiger partial charge >= 0.3 is 0 Å². The molecular weight excluding hydrogens is 378 g/mol. The van der Waals surface area contributed by atoms with E-state index in [9.17, 15) is 9.59 Å². The van der Waals surface area contributed by atoms with E-state index < -0.39 is 0 Å². The number of nitrogens with zero attached hydrogens (tertiary/aromatic N) is 3. The lowest BCUT2D eigenvalue weighted by atomic mass is 10.1. The van der Waals surface area contributed by atoms with E-state index in [4.69, 9.17) is 16.3 Å². The van der Waals surface area contributed by atoms with Crippen molar-refractivity contribution in [3.05, 3.63) is 28.8 Å². The van der Waals surface area contributed by atoms with Gasteiger partial charge in [-0.05, 0) is 37.5 Å². The van der Waals surface area contributed by atoms with Crippen LogP contribution in [0.3, 0.4) is 0 Å². The van der Waals surface area contributed by atoms with Gasteiger partial charge in [-0.25, -0.2) is 0 Å². The van der Waals surface area contributed by atoms with Gasteiger partial charge in [0.15, 0.2) is 0 Å². The first kappa shape index (κ1) is 19.5. The Hall–Kier alpha value is -1.79. The summed E-state index contributed by atoms with van der Waals surface area (Å²) in [4.78, 5) is 31.6. The SMILES string of the molecule is Cc1ccc(Cl)cc1N1CCN(C(=O)C2CC(=O)N(C3CCOCC3)C2)CC1. The molecule has 28 heavy (non-hydrogen) atoms. The van der Waals surface area contributed by atoms with Gasteiger partial charge in [-0.1, -0.05) is 17.7 Å². The van der Waals surface area contributed by atoms with Crippen molar-refractivity contribution in [3.63, 3.8) is 0 Å². The Balaban J connectivity index is 1.34. The Morgan fingerprint density at radius 2 is 1.86 bits per heavy atom. The number of piperazine rings is 1. The maximum Gasteiger partial charge on any atom is 0.228 e. The van der Waals surface area contributed by atoms with Crippen molar-refractivity contribution < 1.29 is 14.3 Å². The van der Waals surface area contributed by atoms with Gasteiger partial charge in [-0.3, -0.25) is 9.59 Å². The molecular formula is C21H28ClN3O3. The highest BCUT2D eigenvalue weighted by Crippen LogP contribution is 2.28. The van der Waals surface area contributed by atoms with Crippen molar-refractivity contribution in [2.24, 2.45) is 5.92 Å². The molecule has 1 aromatic rings. The molecule has 0 N–H and O–H groups in total. The molecule has 1 aromatic carbocycles. The normalized spacial score (nSPS) is 24.1. The zero-order chi connectivity index (χ0) is 19.7. The van der Waals surface area contributed by atoms with Gasteiger partial charge in [0.25, 0.3) is 0 Å². The van der Waals surface area contributed by atoms with E-state index in [2.05, 4.69) is 11.8 Å². The largest absolute Gasteiger partial charge is 0.381 e. The number of halogens is 1. The fourth-order valence-corrected chi connectivity index (χ4v) is 4.76. The quantitative estimate of drug-likeness (QED) is 0.774. The van der Waals surface area contributed by atoms with Gasteiger partial charge in [0.1, 0.15) is 0 Å². The van der Waals surface area contributed by atoms with Crippen LogP contribution in [0.4, 0.5) is 5.69 Å². The van der Waals surface area contributed by atoms with E-state index in [1.54, 1.807) is 0 Å². The van der Waals surface area contributed by atoms with Crippen LogP contribution in [0.5, 0.6) is 0 Å². The minimum absolute atomic E-state index is 0.124. The standard InChI is InChI=1S/C21H28ClN3O3/c1-15-2-3-17(22)13-19(15)23-6-8-24(9-7-23)21(27)16-12-20(26)25(14-16)18-4-10-28-11-5-18/h2-3,13,16,18H,4-12,14H2,1H3. The zero-order valence-electron chi connectivity index (χ0n) is 16.4. The summed E-state index contributed by atoms with van der Waals surface area (Å²) in [5.74, 6) is 0.0543. The fraction of sp³-hybridized carbons (Fsp3) is 0.619. The predicted octanol–water partition coefficient (Wildman–Crippen LogP) is 2.32. The second-order valence-electron chi connectivity index (χ2n) is 8.03. The van der Waals surface area contributed by atoms with Gasteiger partial charge in [-0.2, -0.15) is 0 Å². The van der Waals surface area contributed by atoms with E-state index >= 15 is 0 Å². The molecule has 3 heterocycles. The highest BCUT2D eigenvalue weighted by atomic mass is 35.5. The Morgan fingerprint density at radius 3 is 2.57 bits per heavy atom. The number of likely N-dealkylation sites (tertiary alicyclic amines) is 1. The molecule has 0 spiro atoms. The summed E-state index contributed by atoms with van der Waals surface area (Å²) in [5.41, 5.74) is 2.33. The summed E-state index contributed by atoms with van der Waals surface area (Å²) < 4.78 is 5.40. The van der Waals surface area contributed by atoms with E-state index in [0.29, 0.717) is 39.3 Å². The lowest BCUT2D eigenvalue weighted by Gasteiger charge is -2.38. The molecule has 7 heteroatoms. The first-order chi connectivity index (χ1) is 13.5. The molecule has 0 bridgehead atoms. The van der Waals surface area contributed by atoms with E-state index in [1.165, 1.54) is 5.56 Å². The van der Waals surface area contributed by atoms with Crippen LogP contribution < -0.4 is 4.90 Å². The molecule has 3 aliphatic heterocycles. The molecule has 0 aliphatic carbocycles. The summed E-state index contributed by atoms with van der Waals surface area (Å²) in [6.07, 6.45) is 2.11. The Bertz CT molecular complexity index is 742. The lowest BCUT2D eigenvalue weighted by molar-refractivity contribution is -0.136. The number of anilines is 1. The summed E-state index contributed by atoms with van der Waals surface area (Å²) in [7, 11) is 0. The van der Waals surface area contributed by atoms with Gasteiger partial charge in [0.2, 0.25) is 11.8 Å². The third-order valence-corrected chi connectivity index (χ3v) is 6.48. The number of hydrogen-bond donors (Lipinski definition) is 0. The van der Waals surface area contributed by atoms with Crippen LogP contribution in [0.15, 0.2) is 18.2 Å².